The molecule has 0 radical (unpaired) electrons. The quantitative estimate of drug-likeness (QED) is 0.438. The number of hydrogen-bond acceptors (Lipinski definition) is 0. The third kappa shape index (κ3) is 6890. The zero-order valence-corrected chi connectivity index (χ0v) is 0.408. The van der Waals surface area contributed by atoms with E-state index in [1.165, 1.54) is 0 Å². The van der Waals surface area contributed by atoms with Gasteiger partial charge in [-0.15, -0.1) is 0 Å². The lowest BCUT2D eigenvalue weighted by Crippen LogP contribution is 0.143. The van der Waals surface area contributed by atoms with Crippen LogP contribution < -0.4 is 0 Å². The summed E-state index contributed by atoms with van der Waals surface area (Å²) in [5.41, 5.74) is 0. The normalized spacial score (nSPS) is 0. The molecule has 0 fully saturated rings. The Balaban J connectivity index is 0. The Hall–Kier alpha value is -0.0700. The summed E-state index contributed by atoms with van der Waals surface area (Å²) in [6.45, 7) is 0. The van der Waals surface area contributed by atoms with Gasteiger partial charge in [-0.2, -0.15) is 0 Å². The average Bonchev–Trinajstić information content (AvgIpc) is 0. The maximum atomic E-state index is 0. The SMILES string of the molecule is C.C.C.C.C.F. The van der Waals surface area contributed by atoms with Crippen LogP contribution in [0.25, 0.3) is 0 Å². The number of rotatable bonds is 0. The fraction of sp³-hybridized carbons (Fsp3) is 1.00. The molecule has 0 aliphatic heterocycles. The van der Waals surface area contributed by atoms with E-state index in [4.69, 9.17) is 0 Å². The molecule has 0 aliphatic rings. The molecular weight excluding hydrogens is 79.1 g/mol. The van der Waals surface area contributed by atoms with Crippen LogP contribution in [0.1, 0.15) is 37.1 Å². The van der Waals surface area contributed by atoms with Gasteiger partial charge in [0.1, 0.15) is 0 Å². The monoisotopic (exact) mass is 100 g/mol. The molecule has 0 N–H and O–H groups in total. The first-order valence-corrected chi connectivity index (χ1v) is 0. The highest BCUT2D eigenvalue weighted by molar-refractivity contribution is 2.51. The van der Waals surface area contributed by atoms with Crippen LogP contribution in [0.5, 0.6) is 0 Å². The zero-order chi connectivity index (χ0) is 0. The molecule has 0 rings (SSSR count). The molecule has 0 bridgehead atoms. The van der Waals surface area contributed by atoms with Crippen molar-refractivity contribution in [3.05, 3.63) is 0 Å². The summed E-state index contributed by atoms with van der Waals surface area (Å²) in [6, 6.07) is 0. The van der Waals surface area contributed by atoms with Crippen molar-refractivity contribution >= 4 is 0 Å². The van der Waals surface area contributed by atoms with Crippen molar-refractivity contribution in [2.24, 2.45) is 0 Å². The standard InChI is InChI=1S/5CH4.FH/h5*1H4;1H. The minimum atomic E-state index is 0. The second-order valence-electron chi connectivity index (χ2n) is 0. The lowest BCUT2D eigenvalue weighted by atomic mass is 12.0. The highest BCUT2D eigenvalue weighted by Gasteiger charge is -0.0735. The third-order valence-corrected chi connectivity index (χ3v) is 0. The summed E-state index contributed by atoms with van der Waals surface area (Å²) in [7, 11) is 0. The van der Waals surface area contributed by atoms with Gasteiger partial charge in [0, 0.05) is 0 Å². The topological polar surface area (TPSA) is 0 Å². The molecular formula is C5H21F. The minimum absolute atomic E-state index is 0. The van der Waals surface area contributed by atoms with Gasteiger partial charge in [-0.3, -0.25) is 4.70 Å². The van der Waals surface area contributed by atoms with E-state index >= 15 is 0 Å². The maximum Gasteiger partial charge on any atom is -0.0776 e. The molecule has 0 saturated heterocycles. The van der Waals surface area contributed by atoms with Crippen molar-refractivity contribution in [3.63, 3.8) is 0 Å². The number of hydrogen-bond donors (Lipinski definition) is 0. The highest BCUT2D eigenvalue weighted by Crippen LogP contribution is 0.420. The summed E-state index contributed by atoms with van der Waals surface area (Å²) < 4.78 is 0. The molecule has 0 unspecified atom stereocenters. The third-order valence-electron chi connectivity index (χ3n) is 0. The lowest BCUT2D eigenvalue weighted by Gasteiger charge is -0.269. The summed E-state index contributed by atoms with van der Waals surface area (Å²) in [6.07, 6.45) is 0. The van der Waals surface area contributed by atoms with Crippen LogP contribution in [-0.2, 0) is 0 Å². The van der Waals surface area contributed by atoms with Gasteiger partial charge in [0.05, 0.1) is 0 Å². The molecule has 0 aromatic heterocycles. The average molecular weight is 100 g/mol. The Morgan fingerprint density at radius 3 is 0.333 bits per heavy atom. The minimum Gasteiger partial charge on any atom is -0.269 e. The van der Waals surface area contributed by atoms with Gasteiger partial charge in [0.2, 0.25) is 0 Å². The Bertz CT molecular complexity index is 3.90. The van der Waals surface area contributed by atoms with Crippen molar-refractivity contribution in [3.8, 4) is 0 Å². The molecule has 48 valence electrons. The van der Waals surface area contributed by atoms with E-state index < -0.39 is 0 Å². The number of halogens is 1. The summed E-state index contributed by atoms with van der Waals surface area (Å²) in [4.78, 5) is 0. The Kier molecular flexibility index (Phi) is 76200000. The smallest absolute Gasteiger partial charge is 0.0776 e. The van der Waals surface area contributed by atoms with E-state index in [2.05, 4.69) is 0 Å². The fourth-order valence-corrected chi connectivity index (χ4v) is 0. The van der Waals surface area contributed by atoms with Crippen LogP contribution in [0.15, 0.2) is 0 Å². The first kappa shape index (κ1) is 29400. The van der Waals surface area contributed by atoms with Gasteiger partial charge in [0.15, 0.2) is 0 Å². The molecule has 6 heavy (non-hydrogen) atoms. The van der Waals surface area contributed by atoms with E-state index in [9.17, 15) is 0 Å². The second kappa shape index (κ2) is 15500. The molecule has 0 atom stereocenters. The molecule has 0 aliphatic carbocycles. The first-order chi connectivity index (χ1) is 0. The van der Waals surface area contributed by atoms with Gasteiger partial charge in [-0.25, -0.2) is 0 Å². The summed E-state index contributed by atoms with van der Waals surface area (Å²) >= 11 is 0. The van der Waals surface area contributed by atoms with Crippen molar-refractivity contribution in [1.82, 2.24) is 0 Å². The fourth-order valence-electron chi connectivity index (χ4n) is 0. The highest BCUT2D eigenvalue weighted by atomic mass is 19.0. The Labute approximate surface area is 43.0 Å². The van der Waals surface area contributed by atoms with Crippen LogP contribution in [0.2, 0.25) is 0 Å². The van der Waals surface area contributed by atoms with Crippen molar-refractivity contribution in [2.75, 3.05) is 0 Å². The zero-order valence-electron chi connectivity index (χ0n) is 0.408. The second-order valence-corrected chi connectivity index (χ2v) is 0. The van der Waals surface area contributed by atoms with Crippen LogP contribution in [0, 0.1) is 0 Å². The van der Waals surface area contributed by atoms with E-state index in [1.54, 1.807) is 0 Å². The largest absolute Gasteiger partial charge is 0.269 e. The van der Waals surface area contributed by atoms with E-state index in [0.29, 0.717) is 0 Å². The molecule has 1 heteroatoms. The molecule has 0 nitrogen and oxygen atoms in total. The molecule has 0 amide bonds. The maximum absolute atomic E-state index is 0. The van der Waals surface area contributed by atoms with Gasteiger partial charge in [0.25, 0.3) is 0 Å². The predicted octanol–water partition coefficient (Wildman–Crippen LogP) is 3.33. The van der Waals surface area contributed by atoms with Crippen LogP contribution in [0.4, 0.5) is 4.70 Å². The molecule has 0 aromatic carbocycles. The molecule has 0 aromatic rings. The van der Waals surface area contributed by atoms with Crippen LogP contribution in [0.3, 0.4) is 0 Å². The summed E-state index contributed by atoms with van der Waals surface area (Å²) in [5.74, 6) is 0. The summed E-state index contributed by atoms with van der Waals surface area (Å²) in [5, 5.41) is 0. The predicted molar refractivity (Wildman–Crippen MR) is 36.2 cm³/mol. The molecule has 0 saturated carbocycles. The Morgan fingerprint density at radius 1 is 0.333 bits per heavy atom. The van der Waals surface area contributed by atoms with E-state index in [0.717, 1.165) is 0 Å². The Morgan fingerprint density at radius 2 is 0.333 bits per heavy atom. The van der Waals surface area contributed by atoms with E-state index in [1.807, 2.05) is 0 Å². The van der Waals surface area contributed by atoms with Gasteiger partial charge in [-0.1, -0.05) is 37.1 Å². The molecule has 0 heterocycles. The van der Waals surface area contributed by atoms with E-state index in [-0.39, 0.29) is 41.8 Å². The van der Waals surface area contributed by atoms with Crippen molar-refractivity contribution < 1.29 is 4.70 Å². The van der Waals surface area contributed by atoms with Crippen LogP contribution >= 0.6 is 0 Å². The van der Waals surface area contributed by atoms with Gasteiger partial charge < -0.3 is 0 Å². The van der Waals surface area contributed by atoms with Crippen molar-refractivity contribution in [2.45, 2.75) is 37.1 Å². The molecule has 0 spiro atoms. The van der Waals surface area contributed by atoms with Gasteiger partial charge >= 0.3 is 0 Å². The van der Waals surface area contributed by atoms with Crippen LogP contribution in [-0.4, -0.2) is 0 Å². The van der Waals surface area contributed by atoms with Crippen molar-refractivity contribution in [1.29, 1.82) is 0 Å². The lowest BCUT2D eigenvalue weighted by molar-refractivity contribution is 1.11. The first-order valence-electron chi connectivity index (χ1n) is 0. The van der Waals surface area contributed by atoms with Gasteiger partial charge in [-0.05, 0) is 0 Å².